The zero-order valence-electron chi connectivity index (χ0n) is 13.2. The highest BCUT2D eigenvalue weighted by Gasteiger charge is 2.21. The van der Waals surface area contributed by atoms with Crippen molar-refractivity contribution < 1.29 is 4.79 Å². The summed E-state index contributed by atoms with van der Waals surface area (Å²) < 4.78 is 0. The Balaban J connectivity index is 1.62. The number of carbonyl (C=O) groups is 1. The van der Waals surface area contributed by atoms with Gasteiger partial charge >= 0.3 is 0 Å². The Hall–Kier alpha value is -1.35. The third-order valence-corrected chi connectivity index (χ3v) is 4.53. The summed E-state index contributed by atoms with van der Waals surface area (Å²) in [6.45, 7) is 4.67. The van der Waals surface area contributed by atoms with Crippen molar-refractivity contribution in [3.05, 3.63) is 35.4 Å². The lowest BCUT2D eigenvalue weighted by molar-refractivity contribution is -0.132. The van der Waals surface area contributed by atoms with Crippen LogP contribution >= 0.6 is 0 Å². The van der Waals surface area contributed by atoms with E-state index in [1.807, 2.05) is 4.90 Å². The molecule has 116 valence electrons. The second-order valence-electron chi connectivity index (χ2n) is 6.25. The monoisotopic (exact) mass is 288 g/mol. The lowest BCUT2D eigenvalue weighted by Crippen LogP contribution is -2.39. The number of piperidine rings is 1. The number of unbranched alkanes of at least 4 members (excludes halogenated alkanes) is 1. The minimum absolute atomic E-state index is 0.328. The molecule has 0 unspecified atom stereocenters. The van der Waals surface area contributed by atoms with E-state index in [0.717, 1.165) is 51.7 Å². The number of nitrogens with zero attached hydrogens (tertiary/aromatic N) is 1. The van der Waals surface area contributed by atoms with Crippen LogP contribution in [0.15, 0.2) is 24.3 Å². The molecule has 0 aliphatic carbocycles. The highest BCUT2D eigenvalue weighted by atomic mass is 16.2. The van der Waals surface area contributed by atoms with Crippen molar-refractivity contribution in [2.24, 2.45) is 11.7 Å². The molecule has 0 spiro atoms. The van der Waals surface area contributed by atoms with E-state index >= 15 is 0 Å². The molecule has 1 aliphatic rings. The third kappa shape index (κ3) is 5.16. The average Bonchev–Trinajstić information content (AvgIpc) is 2.53. The number of likely N-dealkylation sites (tertiary alicyclic amines) is 1. The van der Waals surface area contributed by atoms with Crippen LogP contribution in [0, 0.1) is 12.8 Å². The van der Waals surface area contributed by atoms with Crippen LogP contribution in [0.5, 0.6) is 0 Å². The summed E-state index contributed by atoms with van der Waals surface area (Å²) in [6, 6.07) is 8.69. The van der Waals surface area contributed by atoms with Gasteiger partial charge in [0.2, 0.25) is 5.91 Å². The number of nitrogens with two attached hydrogens (primary N) is 1. The number of hydrogen-bond donors (Lipinski definition) is 1. The summed E-state index contributed by atoms with van der Waals surface area (Å²) >= 11 is 0. The quantitative estimate of drug-likeness (QED) is 0.818. The van der Waals surface area contributed by atoms with Crippen molar-refractivity contribution in [3.63, 3.8) is 0 Å². The van der Waals surface area contributed by atoms with Gasteiger partial charge in [0.25, 0.3) is 0 Å². The average molecular weight is 288 g/mol. The fourth-order valence-electron chi connectivity index (χ4n) is 2.94. The fourth-order valence-corrected chi connectivity index (χ4v) is 2.94. The van der Waals surface area contributed by atoms with Crippen molar-refractivity contribution in [2.75, 3.05) is 19.6 Å². The van der Waals surface area contributed by atoms with Crippen molar-refractivity contribution in [1.29, 1.82) is 0 Å². The van der Waals surface area contributed by atoms with Crippen LogP contribution in [0.1, 0.15) is 43.2 Å². The molecule has 0 saturated carbocycles. The molecule has 3 heteroatoms. The minimum Gasteiger partial charge on any atom is -0.343 e. The largest absolute Gasteiger partial charge is 0.343 e. The minimum atomic E-state index is 0.328. The Kier molecular flexibility index (Phi) is 6.24. The maximum absolute atomic E-state index is 12.1. The SMILES string of the molecule is Cc1ccc(CCCCC(=O)N2CCC(CN)CC2)cc1. The highest BCUT2D eigenvalue weighted by Crippen LogP contribution is 2.17. The Morgan fingerprint density at radius 1 is 1.19 bits per heavy atom. The summed E-state index contributed by atoms with van der Waals surface area (Å²) in [6.07, 6.45) is 6.00. The normalized spacial score (nSPS) is 16.2. The zero-order valence-corrected chi connectivity index (χ0v) is 13.2. The zero-order chi connectivity index (χ0) is 15.1. The van der Waals surface area contributed by atoms with Crippen molar-refractivity contribution in [1.82, 2.24) is 4.90 Å². The smallest absolute Gasteiger partial charge is 0.222 e. The second kappa shape index (κ2) is 8.18. The Morgan fingerprint density at radius 3 is 2.48 bits per heavy atom. The molecule has 0 radical (unpaired) electrons. The van der Waals surface area contributed by atoms with Crippen LogP contribution in [-0.4, -0.2) is 30.4 Å². The number of benzene rings is 1. The molecule has 1 fully saturated rings. The van der Waals surface area contributed by atoms with E-state index in [0.29, 0.717) is 18.2 Å². The molecule has 0 aromatic heterocycles. The van der Waals surface area contributed by atoms with E-state index < -0.39 is 0 Å². The molecule has 2 rings (SSSR count). The van der Waals surface area contributed by atoms with Gasteiger partial charge in [-0.25, -0.2) is 0 Å². The topological polar surface area (TPSA) is 46.3 Å². The maximum Gasteiger partial charge on any atom is 0.222 e. The molecule has 1 amide bonds. The first-order valence-corrected chi connectivity index (χ1v) is 8.22. The van der Waals surface area contributed by atoms with Gasteiger partial charge in [0.15, 0.2) is 0 Å². The molecule has 0 atom stereocenters. The Morgan fingerprint density at radius 2 is 1.86 bits per heavy atom. The lowest BCUT2D eigenvalue weighted by atomic mass is 9.97. The fraction of sp³-hybridized carbons (Fsp3) is 0.611. The molecule has 1 aromatic rings. The first kappa shape index (κ1) is 16.0. The Labute approximate surface area is 128 Å². The number of carbonyl (C=O) groups excluding carboxylic acids is 1. The number of hydrogen-bond acceptors (Lipinski definition) is 2. The first-order valence-electron chi connectivity index (χ1n) is 8.22. The molecular weight excluding hydrogens is 260 g/mol. The summed E-state index contributed by atoms with van der Waals surface area (Å²) in [5.41, 5.74) is 8.36. The lowest BCUT2D eigenvalue weighted by Gasteiger charge is -2.31. The van der Waals surface area contributed by atoms with Crippen molar-refractivity contribution in [2.45, 2.75) is 45.4 Å². The van der Waals surface area contributed by atoms with E-state index in [2.05, 4.69) is 31.2 Å². The van der Waals surface area contributed by atoms with Crippen molar-refractivity contribution >= 4 is 5.91 Å². The van der Waals surface area contributed by atoms with Crippen LogP contribution in [0.2, 0.25) is 0 Å². The predicted octanol–water partition coefficient (Wildman–Crippen LogP) is 2.91. The van der Waals surface area contributed by atoms with Crippen LogP contribution in [0.4, 0.5) is 0 Å². The molecule has 1 aliphatic heterocycles. The highest BCUT2D eigenvalue weighted by molar-refractivity contribution is 5.76. The molecular formula is C18H28N2O. The maximum atomic E-state index is 12.1. The first-order chi connectivity index (χ1) is 10.2. The van der Waals surface area contributed by atoms with E-state index in [1.54, 1.807) is 0 Å². The standard InChI is InChI=1S/C18H28N2O/c1-15-6-8-16(9-7-15)4-2-3-5-18(21)20-12-10-17(14-19)11-13-20/h6-9,17H,2-5,10-14,19H2,1H3. The van der Waals surface area contributed by atoms with Crippen LogP contribution in [0.3, 0.4) is 0 Å². The van der Waals surface area contributed by atoms with Gasteiger partial charge in [0, 0.05) is 19.5 Å². The van der Waals surface area contributed by atoms with E-state index in [9.17, 15) is 4.79 Å². The number of amides is 1. The summed E-state index contributed by atoms with van der Waals surface area (Å²) in [7, 11) is 0. The predicted molar refractivity (Wildman–Crippen MR) is 87.1 cm³/mol. The summed E-state index contributed by atoms with van der Waals surface area (Å²) in [5.74, 6) is 0.949. The summed E-state index contributed by atoms with van der Waals surface area (Å²) in [4.78, 5) is 14.2. The van der Waals surface area contributed by atoms with E-state index in [4.69, 9.17) is 5.73 Å². The molecule has 21 heavy (non-hydrogen) atoms. The molecule has 1 heterocycles. The van der Waals surface area contributed by atoms with Gasteiger partial charge in [-0.05, 0) is 57.1 Å². The molecule has 3 nitrogen and oxygen atoms in total. The van der Waals surface area contributed by atoms with Gasteiger partial charge in [-0.3, -0.25) is 4.79 Å². The summed E-state index contributed by atoms with van der Waals surface area (Å²) in [5, 5.41) is 0. The number of aryl methyl sites for hydroxylation is 2. The third-order valence-electron chi connectivity index (χ3n) is 4.53. The molecule has 1 saturated heterocycles. The second-order valence-corrected chi connectivity index (χ2v) is 6.25. The van der Waals surface area contributed by atoms with Gasteiger partial charge in [0.1, 0.15) is 0 Å². The van der Waals surface area contributed by atoms with Gasteiger partial charge in [-0.2, -0.15) is 0 Å². The molecule has 2 N–H and O–H groups in total. The Bertz CT molecular complexity index is 433. The van der Waals surface area contributed by atoms with Gasteiger partial charge in [-0.1, -0.05) is 29.8 Å². The molecule has 0 bridgehead atoms. The van der Waals surface area contributed by atoms with E-state index in [-0.39, 0.29) is 0 Å². The van der Waals surface area contributed by atoms with Gasteiger partial charge in [-0.15, -0.1) is 0 Å². The van der Waals surface area contributed by atoms with Crippen LogP contribution < -0.4 is 5.73 Å². The van der Waals surface area contributed by atoms with E-state index in [1.165, 1.54) is 11.1 Å². The van der Waals surface area contributed by atoms with Crippen LogP contribution in [0.25, 0.3) is 0 Å². The van der Waals surface area contributed by atoms with Crippen molar-refractivity contribution in [3.8, 4) is 0 Å². The number of rotatable bonds is 6. The van der Waals surface area contributed by atoms with Gasteiger partial charge < -0.3 is 10.6 Å². The van der Waals surface area contributed by atoms with Gasteiger partial charge in [0.05, 0.1) is 0 Å². The van der Waals surface area contributed by atoms with Crippen LogP contribution in [-0.2, 0) is 11.2 Å². The molecule has 1 aromatic carbocycles.